The number of benzene rings is 1. The molecule has 1 aromatic heterocycles. The van der Waals surface area contributed by atoms with Crippen LogP contribution in [0.3, 0.4) is 0 Å². The van der Waals surface area contributed by atoms with E-state index in [4.69, 9.17) is 9.47 Å². The molecular formula is C13H13N3O3S2. The van der Waals surface area contributed by atoms with Crippen molar-refractivity contribution in [1.82, 2.24) is 10.2 Å². The maximum Gasteiger partial charge on any atom is 0.319 e. The standard InChI is InChI=1S/C13H13N3O3S2/c1-18-9-4-2-3-8(7-9)14-12-15-16-13(21-12)20-10-5-6-19-11(10)17/h2-4,7,10H,5-6H2,1H3,(H,14,15)/t10-/m1/s1. The van der Waals surface area contributed by atoms with E-state index in [0.717, 1.165) is 22.2 Å². The first-order chi connectivity index (χ1) is 10.2. The van der Waals surface area contributed by atoms with Crippen molar-refractivity contribution >= 4 is 39.9 Å². The molecule has 1 aromatic carbocycles. The molecule has 0 saturated carbocycles. The highest BCUT2D eigenvalue weighted by Crippen LogP contribution is 2.34. The number of rotatable bonds is 5. The molecule has 1 N–H and O–H groups in total. The summed E-state index contributed by atoms with van der Waals surface area (Å²) in [7, 11) is 1.62. The van der Waals surface area contributed by atoms with Gasteiger partial charge in [-0.15, -0.1) is 10.2 Å². The molecule has 6 nitrogen and oxygen atoms in total. The van der Waals surface area contributed by atoms with Crippen molar-refractivity contribution in [1.29, 1.82) is 0 Å². The van der Waals surface area contributed by atoms with Gasteiger partial charge in [0, 0.05) is 18.2 Å². The molecule has 0 aliphatic carbocycles. The predicted octanol–water partition coefficient (Wildman–Crippen LogP) is 2.70. The number of carbonyl (C=O) groups excluding carboxylic acids is 1. The second-order valence-corrected chi connectivity index (χ2v) is 6.72. The zero-order chi connectivity index (χ0) is 14.7. The lowest BCUT2D eigenvalue weighted by molar-refractivity contribution is -0.137. The molecule has 1 aliphatic rings. The van der Waals surface area contributed by atoms with Crippen molar-refractivity contribution in [3.05, 3.63) is 24.3 Å². The molecule has 0 amide bonds. The lowest BCUT2D eigenvalue weighted by atomic mass is 10.3. The molecule has 0 unspecified atom stereocenters. The summed E-state index contributed by atoms with van der Waals surface area (Å²) in [6.07, 6.45) is 0.724. The molecule has 8 heteroatoms. The Morgan fingerprint density at radius 2 is 2.38 bits per heavy atom. The summed E-state index contributed by atoms with van der Waals surface area (Å²) in [5.74, 6) is 0.602. The Hall–Kier alpha value is -1.80. The van der Waals surface area contributed by atoms with Gasteiger partial charge in [0.05, 0.1) is 13.7 Å². The van der Waals surface area contributed by atoms with Crippen LogP contribution in [0.4, 0.5) is 10.8 Å². The van der Waals surface area contributed by atoms with E-state index in [2.05, 4.69) is 15.5 Å². The third kappa shape index (κ3) is 3.45. The van der Waals surface area contributed by atoms with Gasteiger partial charge in [0.25, 0.3) is 0 Å². The highest BCUT2D eigenvalue weighted by atomic mass is 32.2. The highest BCUT2D eigenvalue weighted by Gasteiger charge is 2.28. The van der Waals surface area contributed by atoms with E-state index in [0.29, 0.717) is 11.7 Å². The van der Waals surface area contributed by atoms with Gasteiger partial charge >= 0.3 is 5.97 Å². The number of anilines is 2. The van der Waals surface area contributed by atoms with Crippen LogP contribution in [0.2, 0.25) is 0 Å². The zero-order valence-electron chi connectivity index (χ0n) is 11.2. The number of nitrogens with zero attached hydrogens (tertiary/aromatic N) is 2. The molecule has 2 aromatic rings. The number of nitrogens with one attached hydrogen (secondary N) is 1. The van der Waals surface area contributed by atoms with E-state index in [9.17, 15) is 4.79 Å². The quantitative estimate of drug-likeness (QED) is 0.848. The van der Waals surface area contributed by atoms with Crippen LogP contribution in [-0.2, 0) is 9.53 Å². The van der Waals surface area contributed by atoms with E-state index in [1.54, 1.807) is 7.11 Å². The Morgan fingerprint density at radius 3 is 3.14 bits per heavy atom. The number of aromatic nitrogens is 2. The van der Waals surface area contributed by atoms with Gasteiger partial charge in [0.15, 0.2) is 4.34 Å². The Labute approximate surface area is 129 Å². The summed E-state index contributed by atoms with van der Waals surface area (Å²) >= 11 is 2.82. The topological polar surface area (TPSA) is 73.3 Å². The van der Waals surface area contributed by atoms with E-state index in [1.165, 1.54) is 23.1 Å². The number of hydrogen-bond acceptors (Lipinski definition) is 8. The number of carbonyl (C=O) groups is 1. The van der Waals surface area contributed by atoms with Gasteiger partial charge in [-0.1, -0.05) is 29.2 Å². The van der Waals surface area contributed by atoms with Crippen LogP contribution in [0, 0.1) is 0 Å². The van der Waals surface area contributed by atoms with Crippen LogP contribution in [0.1, 0.15) is 6.42 Å². The first-order valence-electron chi connectivity index (χ1n) is 6.32. The lowest BCUT2D eigenvalue weighted by Crippen LogP contribution is -2.08. The Balaban J connectivity index is 1.65. The summed E-state index contributed by atoms with van der Waals surface area (Å²) in [5.41, 5.74) is 0.877. The third-order valence-electron chi connectivity index (χ3n) is 2.86. The predicted molar refractivity (Wildman–Crippen MR) is 81.4 cm³/mol. The van der Waals surface area contributed by atoms with E-state index < -0.39 is 0 Å². The smallest absolute Gasteiger partial charge is 0.319 e. The average Bonchev–Trinajstić information content (AvgIpc) is 3.10. The minimum absolute atomic E-state index is 0.164. The molecule has 0 spiro atoms. The molecule has 1 aliphatic heterocycles. The molecule has 0 radical (unpaired) electrons. The molecule has 1 atom stereocenters. The summed E-state index contributed by atoms with van der Waals surface area (Å²) in [4.78, 5) is 11.4. The summed E-state index contributed by atoms with van der Waals surface area (Å²) < 4.78 is 10.9. The third-order valence-corrected chi connectivity index (χ3v) is 5.03. The van der Waals surface area contributed by atoms with E-state index >= 15 is 0 Å². The molecular weight excluding hydrogens is 310 g/mol. The Kier molecular flexibility index (Phi) is 4.26. The van der Waals surface area contributed by atoms with Crippen LogP contribution in [0.15, 0.2) is 28.6 Å². The zero-order valence-corrected chi connectivity index (χ0v) is 12.9. The van der Waals surface area contributed by atoms with Crippen molar-refractivity contribution in [2.75, 3.05) is 19.0 Å². The van der Waals surface area contributed by atoms with Crippen molar-refractivity contribution in [2.24, 2.45) is 0 Å². The minimum atomic E-state index is -0.169. The number of thioether (sulfide) groups is 1. The number of ether oxygens (including phenoxy) is 2. The van der Waals surface area contributed by atoms with Crippen LogP contribution in [0.25, 0.3) is 0 Å². The molecule has 110 valence electrons. The molecule has 21 heavy (non-hydrogen) atoms. The second kappa shape index (κ2) is 6.31. The number of esters is 1. The second-order valence-electron chi connectivity index (χ2n) is 4.29. The van der Waals surface area contributed by atoms with Crippen LogP contribution in [0.5, 0.6) is 5.75 Å². The summed E-state index contributed by atoms with van der Waals surface area (Å²) in [5, 5.41) is 11.8. The highest BCUT2D eigenvalue weighted by molar-refractivity contribution is 8.02. The van der Waals surface area contributed by atoms with Gasteiger partial charge in [-0.2, -0.15) is 0 Å². The van der Waals surface area contributed by atoms with Crippen molar-refractivity contribution in [3.63, 3.8) is 0 Å². The monoisotopic (exact) mass is 323 g/mol. The first kappa shape index (κ1) is 14.2. The first-order valence-corrected chi connectivity index (χ1v) is 8.02. The fourth-order valence-corrected chi connectivity index (χ4v) is 3.82. The van der Waals surface area contributed by atoms with E-state index in [1.807, 2.05) is 24.3 Å². The van der Waals surface area contributed by atoms with Gasteiger partial charge < -0.3 is 14.8 Å². The molecule has 2 heterocycles. The molecule has 0 bridgehead atoms. The van der Waals surface area contributed by atoms with Gasteiger partial charge in [-0.05, 0) is 12.1 Å². The van der Waals surface area contributed by atoms with Gasteiger partial charge in [-0.3, -0.25) is 4.79 Å². The maximum atomic E-state index is 11.4. The maximum absolute atomic E-state index is 11.4. The van der Waals surface area contributed by atoms with Crippen molar-refractivity contribution in [2.45, 2.75) is 16.0 Å². The van der Waals surface area contributed by atoms with Crippen LogP contribution in [-0.4, -0.2) is 35.1 Å². The average molecular weight is 323 g/mol. The fraction of sp³-hybridized carbons (Fsp3) is 0.308. The van der Waals surface area contributed by atoms with Gasteiger partial charge in [-0.25, -0.2) is 0 Å². The normalized spacial score (nSPS) is 17.6. The molecule has 1 saturated heterocycles. The minimum Gasteiger partial charge on any atom is -0.497 e. The fourth-order valence-electron chi connectivity index (χ4n) is 1.84. The summed E-state index contributed by atoms with van der Waals surface area (Å²) in [6, 6.07) is 7.57. The van der Waals surface area contributed by atoms with Gasteiger partial charge in [0.1, 0.15) is 11.0 Å². The SMILES string of the molecule is COc1cccc(Nc2nnc(S[C@@H]3CCOC3=O)s2)c1. The molecule has 3 rings (SSSR count). The largest absolute Gasteiger partial charge is 0.497 e. The van der Waals surface area contributed by atoms with Crippen LogP contribution < -0.4 is 10.1 Å². The Bertz CT molecular complexity index is 647. The number of methoxy groups -OCH3 is 1. The van der Waals surface area contributed by atoms with Crippen LogP contribution >= 0.6 is 23.1 Å². The summed E-state index contributed by atoms with van der Waals surface area (Å²) in [6.45, 7) is 0.490. The van der Waals surface area contributed by atoms with Crippen molar-refractivity contribution < 1.29 is 14.3 Å². The number of cyclic esters (lactones) is 1. The molecule has 1 fully saturated rings. The van der Waals surface area contributed by atoms with Gasteiger partial charge in [0.2, 0.25) is 5.13 Å². The van der Waals surface area contributed by atoms with Crippen molar-refractivity contribution in [3.8, 4) is 5.75 Å². The lowest BCUT2D eigenvalue weighted by Gasteiger charge is -2.04. The van der Waals surface area contributed by atoms with E-state index in [-0.39, 0.29) is 11.2 Å². The Morgan fingerprint density at radius 1 is 1.48 bits per heavy atom. The number of hydrogen-bond donors (Lipinski definition) is 1.